The Morgan fingerprint density at radius 2 is 1.88 bits per heavy atom. The van der Waals surface area contributed by atoms with Crippen molar-refractivity contribution in [3.8, 4) is 11.1 Å². The largest absolute Gasteiger partial charge is 0.0610 e. The zero-order valence-electron chi connectivity index (χ0n) is 10.7. The highest BCUT2D eigenvalue weighted by Gasteiger charge is 2.21. The average Bonchev–Trinajstić information content (AvgIpc) is 2.65. The second-order valence-corrected chi connectivity index (χ2v) is 5.86. The summed E-state index contributed by atoms with van der Waals surface area (Å²) in [5, 5.41) is 0. The minimum absolute atomic E-state index is 0.230. The number of hydrogen-bond acceptors (Lipinski definition) is 0. The first kappa shape index (κ1) is 10.6. The van der Waals surface area contributed by atoms with Gasteiger partial charge in [-0.25, -0.2) is 0 Å². The molecule has 0 saturated heterocycles. The maximum Gasteiger partial charge on any atom is -0.000718 e. The van der Waals surface area contributed by atoms with Gasteiger partial charge in [0.15, 0.2) is 0 Å². The van der Waals surface area contributed by atoms with E-state index in [1.807, 2.05) is 6.07 Å². The summed E-state index contributed by atoms with van der Waals surface area (Å²) in [6, 6.07) is 16.5. The van der Waals surface area contributed by atoms with Gasteiger partial charge >= 0.3 is 0 Å². The van der Waals surface area contributed by atoms with E-state index in [9.17, 15) is 0 Å². The van der Waals surface area contributed by atoms with Gasteiger partial charge in [0.25, 0.3) is 0 Å². The zero-order valence-corrected chi connectivity index (χ0v) is 10.7. The summed E-state index contributed by atoms with van der Waals surface area (Å²) >= 11 is 0. The van der Waals surface area contributed by atoms with Crippen LogP contribution in [0.5, 0.6) is 0 Å². The van der Waals surface area contributed by atoms with Crippen molar-refractivity contribution in [2.24, 2.45) is 0 Å². The van der Waals surface area contributed by atoms with Crippen LogP contribution in [0, 0.1) is 6.07 Å². The molecule has 1 aliphatic carbocycles. The Morgan fingerprint density at radius 1 is 1.06 bits per heavy atom. The molecule has 0 bridgehead atoms. The molecule has 0 amide bonds. The van der Waals surface area contributed by atoms with Gasteiger partial charge in [-0.15, -0.1) is 0 Å². The molecule has 0 aliphatic heterocycles. The first-order valence-electron chi connectivity index (χ1n) is 6.19. The van der Waals surface area contributed by atoms with Crippen LogP contribution in [0.4, 0.5) is 0 Å². The van der Waals surface area contributed by atoms with Crippen LogP contribution in [-0.4, -0.2) is 0 Å². The van der Waals surface area contributed by atoms with Crippen molar-refractivity contribution < 1.29 is 0 Å². The highest BCUT2D eigenvalue weighted by atomic mass is 14.2. The van der Waals surface area contributed by atoms with Crippen LogP contribution < -0.4 is 0 Å². The third kappa shape index (κ3) is 1.68. The van der Waals surface area contributed by atoms with Gasteiger partial charge in [-0.05, 0) is 45.7 Å². The Morgan fingerprint density at radius 3 is 2.65 bits per heavy atom. The molecule has 0 fully saturated rings. The summed E-state index contributed by atoms with van der Waals surface area (Å²) in [5.41, 5.74) is 7.20. The predicted molar refractivity (Wildman–Crippen MR) is 72.2 cm³/mol. The van der Waals surface area contributed by atoms with E-state index >= 15 is 0 Å². The van der Waals surface area contributed by atoms with E-state index in [1.165, 1.54) is 27.8 Å². The van der Waals surface area contributed by atoms with E-state index in [-0.39, 0.29) is 5.41 Å². The van der Waals surface area contributed by atoms with E-state index in [4.69, 9.17) is 0 Å². The van der Waals surface area contributed by atoms with Crippen molar-refractivity contribution in [3.05, 3.63) is 59.2 Å². The third-order valence-electron chi connectivity index (χ3n) is 3.57. The quantitative estimate of drug-likeness (QED) is 0.529. The molecule has 0 atom stereocenters. The SMILES string of the molecule is CC(C)(C)c1ccc2c(c1)Cc1[c]cccc1-2. The molecular formula is C17H17. The summed E-state index contributed by atoms with van der Waals surface area (Å²) in [6.07, 6.45) is 1.04. The van der Waals surface area contributed by atoms with E-state index in [2.05, 4.69) is 57.2 Å². The smallest absolute Gasteiger partial charge is 0.000718 e. The Labute approximate surface area is 103 Å². The second-order valence-electron chi connectivity index (χ2n) is 5.86. The first-order chi connectivity index (χ1) is 8.05. The van der Waals surface area contributed by atoms with Gasteiger partial charge in [0.2, 0.25) is 0 Å². The third-order valence-corrected chi connectivity index (χ3v) is 3.57. The molecule has 3 rings (SSSR count). The fraction of sp³-hybridized carbons (Fsp3) is 0.294. The van der Waals surface area contributed by atoms with Crippen LogP contribution in [0.2, 0.25) is 0 Å². The standard InChI is InChI=1S/C17H17/c1-17(2,3)14-8-9-16-13(11-14)10-12-6-4-5-7-15(12)16/h4-5,7-9,11H,10H2,1-3H3. The molecule has 17 heavy (non-hydrogen) atoms. The van der Waals surface area contributed by atoms with Crippen LogP contribution in [-0.2, 0) is 11.8 Å². The normalized spacial score (nSPS) is 13.4. The average molecular weight is 221 g/mol. The maximum atomic E-state index is 3.35. The van der Waals surface area contributed by atoms with Gasteiger partial charge in [-0.2, -0.15) is 0 Å². The van der Waals surface area contributed by atoms with Gasteiger partial charge in [0.1, 0.15) is 0 Å². The number of rotatable bonds is 0. The molecule has 0 unspecified atom stereocenters. The Balaban J connectivity index is 2.13. The van der Waals surface area contributed by atoms with Gasteiger partial charge in [0.05, 0.1) is 0 Å². The lowest BCUT2D eigenvalue weighted by atomic mass is 9.85. The van der Waals surface area contributed by atoms with E-state index in [0.717, 1.165) is 6.42 Å². The van der Waals surface area contributed by atoms with Crippen molar-refractivity contribution in [2.45, 2.75) is 32.6 Å². The van der Waals surface area contributed by atoms with Crippen LogP contribution in [0.25, 0.3) is 11.1 Å². The second kappa shape index (κ2) is 3.46. The Hall–Kier alpha value is -1.56. The van der Waals surface area contributed by atoms with Crippen molar-refractivity contribution >= 4 is 0 Å². The van der Waals surface area contributed by atoms with E-state index in [0.29, 0.717) is 0 Å². The number of benzene rings is 2. The van der Waals surface area contributed by atoms with Crippen LogP contribution in [0.1, 0.15) is 37.5 Å². The lowest BCUT2D eigenvalue weighted by Crippen LogP contribution is -2.11. The van der Waals surface area contributed by atoms with Crippen LogP contribution in [0.15, 0.2) is 36.4 Å². The van der Waals surface area contributed by atoms with Gasteiger partial charge in [-0.1, -0.05) is 57.2 Å². The Bertz CT molecular complexity index is 571. The molecule has 1 aliphatic rings. The van der Waals surface area contributed by atoms with E-state index < -0.39 is 0 Å². The predicted octanol–water partition coefficient (Wildman–Crippen LogP) is 4.36. The van der Waals surface area contributed by atoms with E-state index in [1.54, 1.807) is 0 Å². The van der Waals surface area contributed by atoms with Crippen molar-refractivity contribution in [1.82, 2.24) is 0 Å². The lowest BCUT2D eigenvalue weighted by molar-refractivity contribution is 0.590. The molecule has 0 N–H and O–H groups in total. The summed E-state index contributed by atoms with van der Waals surface area (Å²) in [5.74, 6) is 0. The lowest BCUT2D eigenvalue weighted by Gasteiger charge is -2.20. The molecule has 0 heteroatoms. The van der Waals surface area contributed by atoms with Crippen LogP contribution >= 0.6 is 0 Å². The molecule has 1 radical (unpaired) electrons. The molecule has 2 aromatic carbocycles. The fourth-order valence-electron chi connectivity index (χ4n) is 2.53. The first-order valence-corrected chi connectivity index (χ1v) is 6.19. The minimum atomic E-state index is 0.230. The Kier molecular flexibility index (Phi) is 2.16. The topological polar surface area (TPSA) is 0 Å². The molecular weight excluding hydrogens is 204 g/mol. The monoisotopic (exact) mass is 221 g/mol. The summed E-state index contributed by atoms with van der Waals surface area (Å²) in [6.45, 7) is 6.80. The number of fused-ring (bicyclic) bond motifs is 3. The van der Waals surface area contributed by atoms with Crippen LogP contribution in [0.3, 0.4) is 0 Å². The molecule has 0 saturated carbocycles. The molecule has 0 aromatic heterocycles. The summed E-state index contributed by atoms with van der Waals surface area (Å²) in [4.78, 5) is 0. The van der Waals surface area contributed by atoms with Gasteiger partial charge in [0, 0.05) is 0 Å². The highest BCUT2D eigenvalue weighted by Crippen LogP contribution is 2.38. The highest BCUT2D eigenvalue weighted by molar-refractivity contribution is 5.76. The number of hydrogen-bond donors (Lipinski definition) is 0. The minimum Gasteiger partial charge on any atom is -0.0610 e. The molecule has 0 spiro atoms. The van der Waals surface area contributed by atoms with Crippen molar-refractivity contribution in [2.75, 3.05) is 0 Å². The van der Waals surface area contributed by atoms with Gasteiger partial charge in [-0.3, -0.25) is 0 Å². The fourth-order valence-corrected chi connectivity index (χ4v) is 2.53. The summed E-state index contributed by atoms with van der Waals surface area (Å²) < 4.78 is 0. The molecule has 0 heterocycles. The molecule has 0 nitrogen and oxygen atoms in total. The summed E-state index contributed by atoms with van der Waals surface area (Å²) in [7, 11) is 0. The van der Waals surface area contributed by atoms with Crippen molar-refractivity contribution in [1.29, 1.82) is 0 Å². The molecule has 2 aromatic rings. The maximum absolute atomic E-state index is 3.35. The van der Waals surface area contributed by atoms with Gasteiger partial charge < -0.3 is 0 Å². The van der Waals surface area contributed by atoms with Crippen molar-refractivity contribution in [3.63, 3.8) is 0 Å². The molecule has 85 valence electrons. The zero-order chi connectivity index (χ0) is 12.0.